The molecule has 0 unspecified atom stereocenters. The number of benzene rings is 3. The molecule has 162 valence electrons. The molecular formula is C25H22N2O5. The van der Waals surface area contributed by atoms with Gasteiger partial charge in [-0.1, -0.05) is 48.5 Å². The van der Waals surface area contributed by atoms with Crippen LogP contribution in [0.3, 0.4) is 0 Å². The SMILES string of the molecule is COc1cccc(OC)c1C(=O)Nc1c(NCc2ccccc2)c2ccccc2oc1=O. The highest BCUT2D eigenvalue weighted by Gasteiger charge is 2.22. The van der Waals surface area contributed by atoms with Crippen molar-refractivity contribution in [3.8, 4) is 11.5 Å². The van der Waals surface area contributed by atoms with Gasteiger partial charge in [-0.2, -0.15) is 0 Å². The van der Waals surface area contributed by atoms with Gasteiger partial charge in [-0.3, -0.25) is 4.79 Å². The Labute approximate surface area is 184 Å². The van der Waals surface area contributed by atoms with Crippen LogP contribution in [0.25, 0.3) is 11.0 Å². The van der Waals surface area contributed by atoms with Crippen LogP contribution in [-0.4, -0.2) is 20.1 Å². The molecule has 2 N–H and O–H groups in total. The summed E-state index contributed by atoms with van der Waals surface area (Å²) in [5, 5.41) is 6.67. The fraction of sp³-hybridized carbons (Fsp3) is 0.120. The van der Waals surface area contributed by atoms with Gasteiger partial charge in [0.25, 0.3) is 5.91 Å². The molecule has 0 radical (unpaired) electrons. The number of para-hydroxylation sites is 1. The van der Waals surface area contributed by atoms with E-state index in [4.69, 9.17) is 13.9 Å². The number of nitrogens with one attached hydrogen (secondary N) is 2. The summed E-state index contributed by atoms with van der Waals surface area (Å²) in [6.45, 7) is 0.454. The second-order valence-electron chi connectivity index (χ2n) is 6.97. The summed E-state index contributed by atoms with van der Waals surface area (Å²) in [5.41, 5.74) is 1.44. The van der Waals surface area contributed by atoms with E-state index in [0.717, 1.165) is 5.56 Å². The predicted octanol–water partition coefficient (Wildman–Crippen LogP) is 4.67. The molecule has 7 heteroatoms. The zero-order valence-electron chi connectivity index (χ0n) is 17.7. The number of carbonyl (C=O) groups is 1. The number of carbonyl (C=O) groups excluding carboxylic acids is 1. The second kappa shape index (κ2) is 9.26. The van der Waals surface area contributed by atoms with Gasteiger partial charge in [0.2, 0.25) is 0 Å². The highest BCUT2D eigenvalue weighted by atomic mass is 16.5. The van der Waals surface area contributed by atoms with Crippen molar-refractivity contribution >= 4 is 28.3 Å². The molecule has 0 bridgehead atoms. The topological polar surface area (TPSA) is 89.8 Å². The van der Waals surface area contributed by atoms with Crippen molar-refractivity contribution < 1.29 is 18.7 Å². The van der Waals surface area contributed by atoms with Gasteiger partial charge in [0.1, 0.15) is 22.6 Å². The normalized spacial score (nSPS) is 10.6. The predicted molar refractivity (Wildman–Crippen MR) is 124 cm³/mol. The van der Waals surface area contributed by atoms with Crippen LogP contribution in [-0.2, 0) is 6.54 Å². The Bertz CT molecular complexity index is 1290. The van der Waals surface area contributed by atoms with Gasteiger partial charge in [0.05, 0.1) is 19.9 Å². The lowest BCUT2D eigenvalue weighted by atomic mass is 10.1. The minimum absolute atomic E-state index is 0.0117. The van der Waals surface area contributed by atoms with Crippen molar-refractivity contribution in [2.45, 2.75) is 6.54 Å². The summed E-state index contributed by atoms with van der Waals surface area (Å²) < 4.78 is 16.1. The van der Waals surface area contributed by atoms with Crippen molar-refractivity contribution in [2.24, 2.45) is 0 Å². The molecule has 0 aliphatic rings. The summed E-state index contributed by atoms with van der Waals surface area (Å²) in [7, 11) is 2.92. The van der Waals surface area contributed by atoms with Crippen LogP contribution < -0.4 is 25.7 Å². The van der Waals surface area contributed by atoms with Gasteiger partial charge in [0.15, 0.2) is 5.69 Å². The molecule has 0 atom stereocenters. The van der Waals surface area contributed by atoms with E-state index in [-0.39, 0.29) is 11.3 Å². The summed E-state index contributed by atoms with van der Waals surface area (Å²) >= 11 is 0. The summed E-state index contributed by atoms with van der Waals surface area (Å²) in [5.74, 6) is 0.0984. The highest BCUT2D eigenvalue weighted by Crippen LogP contribution is 2.32. The Morgan fingerprint density at radius 2 is 1.50 bits per heavy atom. The van der Waals surface area contributed by atoms with E-state index in [0.29, 0.717) is 34.7 Å². The lowest BCUT2D eigenvalue weighted by Gasteiger charge is -2.16. The zero-order chi connectivity index (χ0) is 22.5. The van der Waals surface area contributed by atoms with Crippen LogP contribution in [0, 0.1) is 0 Å². The quantitative estimate of drug-likeness (QED) is 0.414. The van der Waals surface area contributed by atoms with E-state index in [1.54, 1.807) is 30.3 Å². The van der Waals surface area contributed by atoms with E-state index >= 15 is 0 Å². The number of rotatable bonds is 7. The Morgan fingerprint density at radius 3 is 2.19 bits per heavy atom. The van der Waals surface area contributed by atoms with Gasteiger partial charge >= 0.3 is 5.63 Å². The number of hydrogen-bond donors (Lipinski definition) is 2. The van der Waals surface area contributed by atoms with Crippen LogP contribution in [0.2, 0.25) is 0 Å². The van der Waals surface area contributed by atoms with Gasteiger partial charge < -0.3 is 24.5 Å². The molecular weight excluding hydrogens is 408 g/mol. The van der Waals surface area contributed by atoms with Crippen molar-refractivity contribution in [3.05, 3.63) is 94.3 Å². The Kier molecular flexibility index (Phi) is 6.07. The molecule has 32 heavy (non-hydrogen) atoms. The van der Waals surface area contributed by atoms with E-state index in [1.165, 1.54) is 14.2 Å². The third-order valence-electron chi connectivity index (χ3n) is 5.02. The Balaban J connectivity index is 1.78. The monoisotopic (exact) mass is 430 g/mol. The first-order valence-corrected chi connectivity index (χ1v) is 9.98. The maximum Gasteiger partial charge on any atom is 0.362 e. The summed E-state index contributed by atoms with van der Waals surface area (Å²) in [6.07, 6.45) is 0. The maximum atomic E-state index is 13.2. The van der Waals surface area contributed by atoms with Crippen molar-refractivity contribution in [3.63, 3.8) is 0 Å². The smallest absolute Gasteiger partial charge is 0.362 e. The molecule has 0 fully saturated rings. The lowest BCUT2D eigenvalue weighted by Crippen LogP contribution is -2.21. The number of fused-ring (bicyclic) bond motifs is 1. The molecule has 0 spiro atoms. The molecule has 4 aromatic rings. The van der Waals surface area contributed by atoms with Crippen LogP contribution >= 0.6 is 0 Å². The average molecular weight is 430 g/mol. The van der Waals surface area contributed by atoms with Crippen LogP contribution in [0.5, 0.6) is 11.5 Å². The highest BCUT2D eigenvalue weighted by molar-refractivity contribution is 6.11. The van der Waals surface area contributed by atoms with Crippen molar-refractivity contribution in [1.29, 1.82) is 0 Å². The van der Waals surface area contributed by atoms with Gasteiger partial charge in [0, 0.05) is 11.9 Å². The molecule has 3 aromatic carbocycles. The molecule has 7 nitrogen and oxygen atoms in total. The first-order valence-electron chi connectivity index (χ1n) is 9.98. The molecule has 1 aromatic heterocycles. The van der Waals surface area contributed by atoms with Crippen molar-refractivity contribution in [2.75, 3.05) is 24.9 Å². The van der Waals surface area contributed by atoms with Crippen LogP contribution in [0.4, 0.5) is 11.4 Å². The lowest BCUT2D eigenvalue weighted by molar-refractivity contribution is 0.102. The summed E-state index contributed by atoms with van der Waals surface area (Å²) in [4.78, 5) is 26.1. The number of anilines is 2. The van der Waals surface area contributed by atoms with E-state index < -0.39 is 11.5 Å². The number of hydrogen-bond acceptors (Lipinski definition) is 6. The summed E-state index contributed by atoms with van der Waals surface area (Å²) in [6, 6.07) is 21.9. The van der Waals surface area contributed by atoms with Crippen molar-refractivity contribution in [1.82, 2.24) is 0 Å². The maximum absolute atomic E-state index is 13.2. The molecule has 0 saturated carbocycles. The molecule has 0 aliphatic heterocycles. The van der Waals surface area contributed by atoms with E-state index in [9.17, 15) is 9.59 Å². The van der Waals surface area contributed by atoms with E-state index in [2.05, 4.69) is 10.6 Å². The van der Waals surface area contributed by atoms with Gasteiger partial charge in [-0.25, -0.2) is 4.79 Å². The largest absolute Gasteiger partial charge is 0.496 e. The van der Waals surface area contributed by atoms with Gasteiger partial charge in [-0.05, 0) is 29.8 Å². The van der Waals surface area contributed by atoms with E-state index in [1.807, 2.05) is 42.5 Å². The molecule has 4 rings (SSSR count). The zero-order valence-corrected chi connectivity index (χ0v) is 17.7. The minimum atomic E-state index is -0.665. The molecule has 0 saturated heterocycles. The standard InChI is InChI=1S/C25H22N2O5/c1-30-19-13-8-14-20(31-2)21(19)24(28)27-23-22(26-15-16-9-4-3-5-10-16)17-11-6-7-12-18(17)32-25(23)29/h3-14,26H,15H2,1-2H3,(H,27,28). The third kappa shape index (κ3) is 4.13. The number of methoxy groups -OCH3 is 2. The first-order chi connectivity index (χ1) is 15.6. The van der Waals surface area contributed by atoms with Crippen LogP contribution in [0.15, 0.2) is 82.0 Å². The molecule has 1 heterocycles. The number of ether oxygens (including phenoxy) is 2. The van der Waals surface area contributed by atoms with Crippen LogP contribution in [0.1, 0.15) is 15.9 Å². The third-order valence-corrected chi connectivity index (χ3v) is 5.02. The average Bonchev–Trinajstić information content (AvgIpc) is 2.83. The first kappa shape index (κ1) is 21.0. The fourth-order valence-electron chi connectivity index (χ4n) is 3.48. The minimum Gasteiger partial charge on any atom is -0.496 e. The fourth-order valence-corrected chi connectivity index (χ4v) is 3.48. The number of amides is 1. The Morgan fingerprint density at radius 1 is 0.844 bits per heavy atom. The second-order valence-corrected chi connectivity index (χ2v) is 6.97. The molecule has 1 amide bonds. The Hall–Kier alpha value is -4.26. The molecule has 0 aliphatic carbocycles. The van der Waals surface area contributed by atoms with Gasteiger partial charge in [-0.15, -0.1) is 0 Å².